The maximum absolute atomic E-state index is 12.6. The summed E-state index contributed by atoms with van der Waals surface area (Å²) < 4.78 is 0. The van der Waals surface area contributed by atoms with Gasteiger partial charge in [0.2, 0.25) is 0 Å². The Balaban J connectivity index is 1.45. The summed E-state index contributed by atoms with van der Waals surface area (Å²) >= 11 is 5.89. The number of quaternary nitrogens is 2. The van der Waals surface area contributed by atoms with Gasteiger partial charge in [0.05, 0.1) is 0 Å². The number of carbonyl (C=O) groups excluding carboxylic acids is 2. The van der Waals surface area contributed by atoms with Crippen molar-refractivity contribution in [2.75, 3.05) is 43.4 Å². The monoisotopic (exact) mass is 430 g/mol. The lowest BCUT2D eigenvalue weighted by atomic mass is 10.1. The molecule has 0 spiro atoms. The Morgan fingerprint density at radius 3 is 2.33 bits per heavy atom. The zero-order valence-electron chi connectivity index (χ0n) is 17.8. The molecule has 30 heavy (non-hydrogen) atoms. The van der Waals surface area contributed by atoms with Crippen LogP contribution in [0.3, 0.4) is 0 Å². The van der Waals surface area contributed by atoms with E-state index in [9.17, 15) is 9.59 Å². The highest BCUT2D eigenvalue weighted by Crippen LogP contribution is 2.17. The third kappa shape index (κ3) is 5.81. The summed E-state index contributed by atoms with van der Waals surface area (Å²) in [5.41, 5.74) is 3.91. The van der Waals surface area contributed by atoms with Crippen LogP contribution in [0.25, 0.3) is 0 Å². The van der Waals surface area contributed by atoms with Crippen LogP contribution in [0.2, 0.25) is 5.02 Å². The molecule has 0 radical (unpaired) electrons. The maximum Gasteiger partial charge on any atom is 0.282 e. The molecule has 0 unspecified atom stereocenters. The van der Waals surface area contributed by atoms with Crippen molar-refractivity contribution in [1.29, 1.82) is 0 Å². The van der Waals surface area contributed by atoms with Gasteiger partial charge in [-0.15, -0.1) is 0 Å². The molecule has 2 aromatic carbocycles. The number of aryl methyl sites for hydroxylation is 1. The molecule has 0 aliphatic carbocycles. The molecule has 7 heteroatoms. The van der Waals surface area contributed by atoms with Crippen molar-refractivity contribution in [3.05, 3.63) is 58.6 Å². The standard InChI is InChI=1S/C23H29ClN4O2/c1-16-5-4-6-21(17(16)2)26-22(29)15-27-11-13-28(14-12-27)18(3)23(30)25-20-9-7-19(24)8-10-20/h4-10,18H,11-15H2,1-3H3,(H,25,30)(H,26,29)/p+2/t18-/m0/s1. The number of hydrogen-bond donors (Lipinski definition) is 4. The summed E-state index contributed by atoms with van der Waals surface area (Å²) in [6.45, 7) is 9.94. The normalized spacial score (nSPS) is 19.7. The first kappa shape index (κ1) is 22.3. The quantitative estimate of drug-likeness (QED) is 0.545. The van der Waals surface area contributed by atoms with E-state index in [0.29, 0.717) is 11.6 Å². The minimum absolute atomic E-state index is 0.00318. The Morgan fingerprint density at radius 2 is 1.67 bits per heavy atom. The third-order valence-electron chi connectivity index (χ3n) is 6.01. The van der Waals surface area contributed by atoms with Crippen molar-refractivity contribution in [2.24, 2.45) is 0 Å². The first-order valence-electron chi connectivity index (χ1n) is 10.4. The molecule has 0 aromatic heterocycles. The molecular formula is C23H31ClN4O2+2. The predicted octanol–water partition coefficient (Wildman–Crippen LogP) is 0.706. The number of carbonyl (C=O) groups is 2. The minimum atomic E-state index is -0.147. The Hall–Kier alpha value is -2.41. The number of anilines is 2. The van der Waals surface area contributed by atoms with E-state index in [1.807, 2.05) is 39.0 Å². The fraction of sp³-hybridized carbons (Fsp3) is 0.391. The number of piperazine rings is 1. The summed E-state index contributed by atoms with van der Waals surface area (Å²) in [7, 11) is 0. The van der Waals surface area contributed by atoms with E-state index in [0.717, 1.165) is 43.1 Å². The number of hydrogen-bond acceptors (Lipinski definition) is 2. The predicted molar refractivity (Wildman–Crippen MR) is 120 cm³/mol. The summed E-state index contributed by atoms with van der Waals surface area (Å²) in [5.74, 6) is 0.0409. The SMILES string of the molecule is Cc1cccc(NC(=O)C[NH+]2CC[NH+]([C@@H](C)C(=O)Nc3ccc(Cl)cc3)CC2)c1C. The molecule has 160 valence electrons. The van der Waals surface area contributed by atoms with Crippen molar-refractivity contribution in [3.8, 4) is 0 Å². The topological polar surface area (TPSA) is 67.1 Å². The van der Waals surface area contributed by atoms with Crippen molar-refractivity contribution >= 4 is 34.8 Å². The maximum atomic E-state index is 12.6. The molecule has 1 heterocycles. The fourth-order valence-electron chi connectivity index (χ4n) is 3.81. The smallest absolute Gasteiger partial charge is 0.282 e. The molecule has 2 amide bonds. The zero-order chi connectivity index (χ0) is 21.7. The number of benzene rings is 2. The first-order valence-corrected chi connectivity index (χ1v) is 10.8. The number of amides is 2. The molecule has 0 bridgehead atoms. The summed E-state index contributed by atoms with van der Waals surface area (Å²) in [6.07, 6.45) is 0. The molecule has 1 atom stereocenters. The van der Waals surface area contributed by atoms with Gasteiger partial charge in [-0.2, -0.15) is 0 Å². The van der Waals surface area contributed by atoms with E-state index < -0.39 is 0 Å². The highest BCUT2D eigenvalue weighted by molar-refractivity contribution is 6.30. The molecule has 1 saturated heterocycles. The van der Waals surface area contributed by atoms with E-state index in [1.165, 1.54) is 15.4 Å². The van der Waals surface area contributed by atoms with E-state index >= 15 is 0 Å². The molecule has 1 aliphatic rings. The van der Waals surface area contributed by atoms with Gasteiger partial charge in [0.15, 0.2) is 12.6 Å². The molecule has 3 rings (SSSR count). The van der Waals surface area contributed by atoms with Crippen LogP contribution in [0, 0.1) is 13.8 Å². The zero-order valence-corrected chi connectivity index (χ0v) is 18.6. The largest absolute Gasteiger partial charge is 0.321 e. The minimum Gasteiger partial charge on any atom is -0.321 e. The number of rotatable bonds is 6. The molecule has 0 saturated carbocycles. The van der Waals surface area contributed by atoms with Crippen LogP contribution in [0.1, 0.15) is 18.1 Å². The highest BCUT2D eigenvalue weighted by atomic mass is 35.5. The highest BCUT2D eigenvalue weighted by Gasteiger charge is 2.31. The van der Waals surface area contributed by atoms with Gasteiger partial charge >= 0.3 is 0 Å². The van der Waals surface area contributed by atoms with Crippen LogP contribution < -0.4 is 20.4 Å². The first-order chi connectivity index (χ1) is 14.3. The van der Waals surface area contributed by atoms with E-state index in [-0.39, 0.29) is 17.9 Å². The molecule has 4 N–H and O–H groups in total. The van der Waals surface area contributed by atoms with Crippen LogP contribution >= 0.6 is 11.6 Å². The second-order valence-corrected chi connectivity index (χ2v) is 8.53. The second-order valence-electron chi connectivity index (χ2n) is 8.10. The van der Waals surface area contributed by atoms with Gasteiger partial charge in [-0.3, -0.25) is 9.59 Å². The Bertz CT molecular complexity index is 893. The lowest BCUT2D eigenvalue weighted by Gasteiger charge is -2.32. The van der Waals surface area contributed by atoms with Gasteiger partial charge < -0.3 is 20.4 Å². The second kappa shape index (κ2) is 10.1. The van der Waals surface area contributed by atoms with Crippen LogP contribution in [0.15, 0.2) is 42.5 Å². The van der Waals surface area contributed by atoms with Crippen molar-refractivity contribution in [1.82, 2.24) is 0 Å². The van der Waals surface area contributed by atoms with Crippen molar-refractivity contribution < 1.29 is 19.4 Å². The molecule has 6 nitrogen and oxygen atoms in total. The van der Waals surface area contributed by atoms with E-state index in [4.69, 9.17) is 11.6 Å². The van der Waals surface area contributed by atoms with Gasteiger partial charge in [-0.25, -0.2) is 0 Å². The average molecular weight is 431 g/mol. The molecule has 1 aliphatic heterocycles. The lowest BCUT2D eigenvalue weighted by Crippen LogP contribution is -3.30. The van der Waals surface area contributed by atoms with Crippen molar-refractivity contribution in [2.45, 2.75) is 26.8 Å². The summed E-state index contributed by atoms with van der Waals surface area (Å²) in [5, 5.41) is 6.64. The lowest BCUT2D eigenvalue weighted by molar-refractivity contribution is -1.01. The van der Waals surface area contributed by atoms with Crippen LogP contribution in [0.5, 0.6) is 0 Å². The van der Waals surface area contributed by atoms with Crippen LogP contribution in [-0.4, -0.2) is 50.6 Å². The van der Waals surface area contributed by atoms with E-state index in [2.05, 4.69) is 10.6 Å². The summed E-state index contributed by atoms with van der Waals surface area (Å²) in [6, 6.07) is 12.9. The Kier molecular flexibility index (Phi) is 7.48. The van der Waals surface area contributed by atoms with Crippen LogP contribution in [0.4, 0.5) is 11.4 Å². The third-order valence-corrected chi connectivity index (χ3v) is 6.26. The van der Waals surface area contributed by atoms with Crippen molar-refractivity contribution in [3.63, 3.8) is 0 Å². The van der Waals surface area contributed by atoms with Gasteiger partial charge in [-0.1, -0.05) is 23.7 Å². The molecule has 2 aromatic rings. The number of nitrogens with one attached hydrogen (secondary N) is 4. The van der Waals surface area contributed by atoms with E-state index in [1.54, 1.807) is 24.3 Å². The summed E-state index contributed by atoms with van der Waals surface area (Å²) in [4.78, 5) is 27.6. The number of halogens is 1. The van der Waals surface area contributed by atoms with Crippen LogP contribution in [-0.2, 0) is 9.59 Å². The average Bonchev–Trinajstić information content (AvgIpc) is 2.73. The molecular weight excluding hydrogens is 400 g/mol. The molecule has 1 fully saturated rings. The van der Waals surface area contributed by atoms with Gasteiger partial charge in [0.1, 0.15) is 26.2 Å². The van der Waals surface area contributed by atoms with Gasteiger partial charge in [0.25, 0.3) is 11.8 Å². The fourth-order valence-corrected chi connectivity index (χ4v) is 3.94. The van der Waals surface area contributed by atoms with Gasteiger partial charge in [-0.05, 0) is 62.2 Å². The Morgan fingerprint density at radius 1 is 1.00 bits per heavy atom. The van der Waals surface area contributed by atoms with Gasteiger partial charge in [0, 0.05) is 16.4 Å². The Labute approximate surface area is 183 Å².